The first kappa shape index (κ1) is 31.6. The summed E-state index contributed by atoms with van der Waals surface area (Å²) >= 11 is 0. The molecular weight excluding hydrogens is 376 g/mol. The lowest BCUT2D eigenvalue weighted by Crippen LogP contribution is -2.24. The molecule has 30 heavy (non-hydrogen) atoms. The zero-order valence-corrected chi connectivity index (χ0v) is 20.1. The van der Waals surface area contributed by atoms with Crippen LogP contribution in [-0.4, -0.2) is 56.3 Å². The number of nitrogens with one attached hydrogen (secondary N) is 2. The Hall–Kier alpha value is -3.09. The molecule has 0 atom stereocenters. The summed E-state index contributed by atoms with van der Waals surface area (Å²) in [6.45, 7) is 14.9. The normalized spacial score (nSPS) is 11.2. The molecule has 4 N–H and O–H groups in total. The number of nitrogens with zero attached hydrogens (tertiary/aromatic N) is 3. The molecule has 7 heteroatoms. The van der Waals surface area contributed by atoms with Crippen LogP contribution < -0.4 is 11.1 Å². The minimum absolute atomic E-state index is 0.207. The van der Waals surface area contributed by atoms with Crippen LogP contribution in [0.5, 0.6) is 0 Å². The first-order valence-corrected chi connectivity index (χ1v) is 9.67. The number of hydrogen-bond acceptors (Lipinski definition) is 6. The van der Waals surface area contributed by atoms with Gasteiger partial charge in [-0.25, -0.2) is 0 Å². The number of carbonyl (C=O) groups is 1. The van der Waals surface area contributed by atoms with E-state index in [1.54, 1.807) is 17.9 Å². The number of hydrogen-bond donors (Lipinski definition) is 3. The minimum atomic E-state index is -0.207. The maximum absolute atomic E-state index is 11.9. The van der Waals surface area contributed by atoms with Gasteiger partial charge in [0.05, 0.1) is 11.5 Å². The molecule has 0 fully saturated rings. The number of nitrogens with two attached hydrogens (primary N) is 1. The van der Waals surface area contributed by atoms with Crippen molar-refractivity contribution in [2.24, 2.45) is 16.6 Å². The number of aliphatic imine (C=N–C) groups is 1. The predicted molar refractivity (Wildman–Crippen MR) is 132 cm³/mol. The monoisotopic (exact) mass is 418 g/mol. The maximum atomic E-state index is 11.9. The molecule has 170 valence electrons. The molecule has 0 aliphatic heterocycles. The largest absolute Gasteiger partial charge is 0.386 e. The van der Waals surface area contributed by atoms with Crippen LogP contribution in [0.1, 0.15) is 34.1 Å². The van der Waals surface area contributed by atoms with E-state index in [1.165, 1.54) is 24.7 Å². The van der Waals surface area contributed by atoms with Gasteiger partial charge in [-0.2, -0.15) is 0 Å². The summed E-state index contributed by atoms with van der Waals surface area (Å²) < 4.78 is 0. The number of rotatable bonds is 9. The number of amides is 1. The lowest BCUT2D eigenvalue weighted by atomic mass is 10.1. The van der Waals surface area contributed by atoms with Gasteiger partial charge >= 0.3 is 0 Å². The van der Waals surface area contributed by atoms with Crippen molar-refractivity contribution in [2.75, 3.05) is 28.2 Å². The summed E-state index contributed by atoms with van der Waals surface area (Å²) in [6.07, 6.45) is 12.2. The lowest BCUT2D eigenvalue weighted by molar-refractivity contribution is -0.115. The molecular formula is C23H42N6O. The molecule has 0 bridgehead atoms. The van der Waals surface area contributed by atoms with Crippen molar-refractivity contribution >= 4 is 18.3 Å². The fourth-order valence-corrected chi connectivity index (χ4v) is 1.35. The van der Waals surface area contributed by atoms with Gasteiger partial charge in [-0.05, 0) is 38.5 Å². The van der Waals surface area contributed by atoms with E-state index in [4.69, 9.17) is 11.1 Å². The molecule has 0 spiro atoms. The van der Waals surface area contributed by atoms with Gasteiger partial charge in [0.1, 0.15) is 0 Å². The van der Waals surface area contributed by atoms with E-state index in [-0.39, 0.29) is 5.91 Å². The quantitative estimate of drug-likeness (QED) is 0.300. The van der Waals surface area contributed by atoms with Gasteiger partial charge < -0.3 is 26.3 Å². The zero-order valence-electron chi connectivity index (χ0n) is 20.1. The molecule has 0 aliphatic carbocycles. The predicted octanol–water partition coefficient (Wildman–Crippen LogP) is 3.90. The SMILES string of the molecule is C=C(N)N(C)C.C=CC=N/C=C/C(=O)NC(/C=C\CC(C)C)=C(/C)N(C)C.CC=N. The van der Waals surface area contributed by atoms with E-state index in [9.17, 15) is 4.79 Å². The van der Waals surface area contributed by atoms with E-state index in [0.717, 1.165) is 17.8 Å². The Bertz CT molecular complexity index is 626. The highest BCUT2D eigenvalue weighted by atomic mass is 16.1. The summed E-state index contributed by atoms with van der Waals surface area (Å²) in [5.41, 5.74) is 6.95. The van der Waals surface area contributed by atoms with Gasteiger partial charge in [-0.3, -0.25) is 9.79 Å². The molecule has 0 saturated heterocycles. The van der Waals surface area contributed by atoms with E-state index in [1.807, 2.05) is 46.1 Å². The molecule has 0 heterocycles. The first-order chi connectivity index (χ1) is 13.9. The van der Waals surface area contributed by atoms with Crippen molar-refractivity contribution in [3.05, 3.63) is 60.9 Å². The zero-order chi connectivity index (χ0) is 24.1. The van der Waals surface area contributed by atoms with Gasteiger partial charge in [0, 0.05) is 52.4 Å². The van der Waals surface area contributed by atoms with Gasteiger partial charge in [0.15, 0.2) is 0 Å². The van der Waals surface area contributed by atoms with Crippen LogP contribution in [0.4, 0.5) is 0 Å². The fraction of sp³-hybridized carbons (Fsp3) is 0.435. The van der Waals surface area contributed by atoms with Gasteiger partial charge in [0.25, 0.3) is 0 Å². The highest BCUT2D eigenvalue weighted by Crippen LogP contribution is 2.08. The third kappa shape index (κ3) is 23.0. The molecule has 0 radical (unpaired) electrons. The Morgan fingerprint density at radius 3 is 2.07 bits per heavy atom. The van der Waals surface area contributed by atoms with Crippen LogP contribution in [0.25, 0.3) is 0 Å². The molecule has 0 aliphatic rings. The first-order valence-electron chi connectivity index (χ1n) is 9.67. The molecule has 0 unspecified atom stereocenters. The molecule has 0 rings (SSSR count). The highest BCUT2D eigenvalue weighted by Gasteiger charge is 2.04. The van der Waals surface area contributed by atoms with Crippen molar-refractivity contribution in [3.8, 4) is 0 Å². The Morgan fingerprint density at radius 1 is 1.20 bits per heavy atom. The second-order valence-electron chi connectivity index (χ2n) is 6.94. The highest BCUT2D eigenvalue weighted by molar-refractivity contribution is 5.89. The topological polar surface area (TPSA) is 97.8 Å². The average molecular weight is 419 g/mol. The van der Waals surface area contributed by atoms with Crippen molar-refractivity contribution in [3.63, 3.8) is 0 Å². The van der Waals surface area contributed by atoms with Crippen molar-refractivity contribution in [1.82, 2.24) is 15.1 Å². The summed E-state index contributed by atoms with van der Waals surface area (Å²) in [6, 6.07) is 0. The van der Waals surface area contributed by atoms with Crippen LogP contribution in [0.2, 0.25) is 0 Å². The number of allylic oxidation sites excluding steroid dienone is 4. The van der Waals surface area contributed by atoms with E-state index in [2.05, 4.69) is 43.4 Å². The molecule has 0 aromatic rings. The van der Waals surface area contributed by atoms with Gasteiger partial charge in [-0.1, -0.05) is 39.2 Å². The van der Waals surface area contributed by atoms with Crippen LogP contribution in [0.3, 0.4) is 0 Å². The Kier molecular flexibility index (Phi) is 21.7. The average Bonchev–Trinajstić information content (AvgIpc) is 2.64. The second-order valence-corrected chi connectivity index (χ2v) is 6.94. The maximum Gasteiger partial charge on any atom is 0.249 e. The lowest BCUT2D eigenvalue weighted by Gasteiger charge is -2.17. The second kappa shape index (κ2) is 20.6. The number of carbonyl (C=O) groups excluding carboxylic acids is 1. The Labute approximate surface area is 183 Å². The summed E-state index contributed by atoms with van der Waals surface area (Å²) in [7, 11) is 7.59. The molecule has 7 nitrogen and oxygen atoms in total. The van der Waals surface area contributed by atoms with Crippen LogP contribution in [0, 0.1) is 11.3 Å². The smallest absolute Gasteiger partial charge is 0.249 e. The summed E-state index contributed by atoms with van der Waals surface area (Å²) in [4.78, 5) is 19.4. The Balaban J connectivity index is -0.000000676. The van der Waals surface area contributed by atoms with Crippen LogP contribution in [0.15, 0.2) is 65.9 Å². The van der Waals surface area contributed by atoms with Crippen LogP contribution in [-0.2, 0) is 4.79 Å². The minimum Gasteiger partial charge on any atom is -0.386 e. The third-order valence-corrected chi connectivity index (χ3v) is 3.29. The Morgan fingerprint density at radius 2 is 1.70 bits per heavy atom. The van der Waals surface area contributed by atoms with E-state index < -0.39 is 0 Å². The summed E-state index contributed by atoms with van der Waals surface area (Å²) in [5.74, 6) is 0.975. The third-order valence-electron chi connectivity index (χ3n) is 3.29. The van der Waals surface area contributed by atoms with Gasteiger partial charge in [-0.15, -0.1) is 0 Å². The molecule has 0 saturated carbocycles. The molecule has 1 amide bonds. The van der Waals surface area contributed by atoms with Crippen molar-refractivity contribution in [1.29, 1.82) is 5.41 Å². The molecule has 0 aromatic carbocycles. The van der Waals surface area contributed by atoms with Gasteiger partial charge in [0.2, 0.25) is 5.91 Å². The summed E-state index contributed by atoms with van der Waals surface area (Å²) in [5, 5.41) is 8.96. The van der Waals surface area contributed by atoms with Crippen molar-refractivity contribution < 1.29 is 4.79 Å². The molecule has 0 aromatic heterocycles. The van der Waals surface area contributed by atoms with E-state index >= 15 is 0 Å². The van der Waals surface area contributed by atoms with Crippen molar-refractivity contribution in [2.45, 2.75) is 34.1 Å². The standard InChI is InChI=1S/C17H27N3O.C4H10N2.C2H5N/c1-7-12-18-13-11-17(21)19-16(15(4)20(5)6)10-8-9-14(2)3;1-4(5)6(2)3;1-2-3/h7-8,10-14H,1,9H2,2-6H3,(H,19,21);1,5H2,2-3H3;2-3H,1H3/b10-8-,13-11+,16-15-,18-12?;;. The van der Waals surface area contributed by atoms with Crippen LogP contribution >= 0.6 is 0 Å². The van der Waals surface area contributed by atoms with E-state index in [0.29, 0.717) is 11.7 Å². The fourth-order valence-electron chi connectivity index (χ4n) is 1.35.